The van der Waals surface area contributed by atoms with Crippen molar-refractivity contribution in [1.29, 1.82) is 0 Å². The number of carbonyl (C=O) groups is 3. The summed E-state index contributed by atoms with van der Waals surface area (Å²) < 4.78 is 10.1. The Bertz CT molecular complexity index is 760. The van der Waals surface area contributed by atoms with E-state index in [1.54, 1.807) is 29.2 Å². The standard InChI is InChI=1S/C19H20N2O5/c1-3-9-25-18(23)14-7-5-6-8-15(14)21-13-11-16(17(21)22)20(12-13)19(24)26-10-4-2/h3-8,13,16H,1-2,9-12H2/t13-,16-/m0/s1. The van der Waals surface area contributed by atoms with Crippen LogP contribution in [0.3, 0.4) is 0 Å². The summed E-state index contributed by atoms with van der Waals surface area (Å²) in [4.78, 5) is 40.2. The number of rotatable bonds is 6. The van der Waals surface area contributed by atoms with E-state index in [2.05, 4.69) is 13.2 Å². The molecule has 26 heavy (non-hydrogen) atoms. The number of carbonyl (C=O) groups excluding carboxylic acids is 3. The molecule has 2 aliphatic heterocycles. The Morgan fingerprint density at radius 3 is 2.54 bits per heavy atom. The molecule has 0 unspecified atom stereocenters. The number of hydrogen-bond donors (Lipinski definition) is 0. The fraction of sp³-hybridized carbons (Fsp3) is 0.316. The number of amides is 2. The van der Waals surface area contributed by atoms with Crippen LogP contribution in [0, 0.1) is 0 Å². The molecule has 3 rings (SSSR count). The van der Waals surface area contributed by atoms with Crippen LogP contribution in [0.15, 0.2) is 49.6 Å². The molecule has 0 aliphatic carbocycles. The summed E-state index contributed by atoms with van der Waals surface area (Å²) >= 11 is 0. The summed E-state index contributed by atoms with van der Waals surface area (Å²) in [5.74, 6) is -0.737. The van der Waals surface area contributed by atoms with Crippen molar-refractivity contribution in [2.45, 2.75) is 18.5 Å². The molecule has 7 nitrogen and oxygen atoms in total. The van der Waals surface area contributed by atoms with Gasteiger partial charge in [0.05, 0.1) is 17.3 Å². The smallest absolute Gasteiger partial charge is 0.410 e. The molecule has 136 valence electrons. The van der Waals surface area contributed by atoms with Gasteiger partial charge in [-0.15, -0.1) is 0 Å². The van der Waals surface area contributed by atoms with Gasteiger partial charge in [-0.2, -0.15) is 0 Å². The molecule has 2 atom stereocenters. The Balaban J connectivity index is 1.80. The highest BCUT2D eigenvalue weighted by atomic mass is 16.6. The van der Waals surface area contributed by atoms with Crippen LogP contribution in [-0.4, -0.2) is 54.7 Å². The first-order chi connectivity index (χ1) is 12.6. The number of benzene rings is 1. The fourth-order valence-electron chi connectivity index (χ4n) is 3.37. The van der Waals surface area contributed by atoms with Gasteiger partial charge in [-0.05, 0) is 18.6 Å². The number of esters is 1. The molecule has 2 aliphatic rings. The van der Waals surface area contributed by atoms with Crippen molar-refractivity contribution >= 4 is 23.7 Å². The zero-order valence-electron chi connectivity index (χ0n) is 14.3. The number of nitrogens with zero attached hydrogens (tertiary/aromatic N) is 2. The van der Waals surface area contributed by atoms with E-state index in [0.717, 1.165) is 0 Å². The third kappa shape index (κ3) is 3.08. The Morgan fingerprint density at radius 1 is 1.15 bits per heavy atom. The number of likely N-dealkylation sites (tertiary alicyclic amines) is 1. The van der Waals surface area contributed by atoms with Gasteiger partial charge in [0, 0.05) is 6.54 Å². The molecular formula is C19H20N2O5. The van der Waals surface area contributed by atoms with Crippen LogP contribution in [0.5, 0.6) is 0 Å². The Hall–Kier alpha value is -3.09. The van der Waals surface area contributed by atoms with Crippen molar-refractivity contribution in [3.8, 4) is 0 Å². The average molecular weight is 356 g/mol. The lowest BCUT2D eigenvalue weighted by Crippen LogP contribution is -2.53. The second-order valence-corrected chi connectivity index (χ2v) is 6.04. The first kappa shape index (κ1) is 17.7. The van der Waals surface area contributed by atoms with Crippen LogP contribution in [0.4, 0.5) is 10.5 Å². The van der Waals surface area contributed by atoms with Crippen LogP contribution in [-0.2, 0) is 14.3 Å². The van der Waals surface area contributed by atoms with Crippen LogP contribution in [0.1, 0.15) is 16.8 Å². The number of anilines is 1. The fourth-order valence-corrected chi connectivity index (χ4v) is 3.37. The highest BCUT2D eigenvalue weighted by Crippen LogP contribution is 2.37. The van der Waals surface area contributed by atoms with Crippen LogP contribution in [0.25, 0.3) is 0 Å². The second-order valence-electron chi connectivity index (χ2n) is 6.04. The summed E-state index contributed by atoms with van der Waals surface area (Å²) in [5.41, 5.74) is 0.814. The molecule has 2 heterocycles. The van der Waals surface area contributed by atoms with Gasteiger partial charge in [-0.1, -0.05) is 37.4 Å². The van der Waals surface area contributed by atoms with Gasteiger partial charge in [0.1, 0.15) is 19.3 Å². The van der Waals surface area contributed by atoms with Gasteiger partial charge < -0.3 is 14.4 Å². The normalized spacial score (nSPS) is 20.8. The molecule has 0 saturated carbocycles. The highest BCUT2D eigenvalue weighted by Gasteiger charge is 2.53. The minimum Gasteiger partial charge on any atom is -0.458 e. The van der Waals surface area contributed by atoms with Gasteiger partial charge in [0.15, 0.2) is 0 Å². The molecule has 0 spiro atoms. The van der Waals surface area contributed by atoms with E-state index in [9.17, 15) is 14.4 Å². The van der Waals surface area contributed by atoms with Crippen molar-refractivity contribution in [3.05, 3.63) is 55.1 Å². The Morgan fingerprint density at radius 2 is 1.85 bits per heavy atom. The molecule has 0 radical (unpaired) electrons. The van der Waals surface area contributed by atoms with Gasteiger partial charge >= 0.3 is 12.1 Å². The largest absolute Gasteiger partial charge is 0.458 e. The predicted octanol–water partition coefficient (Wildman–Crippen LogP) is 2.14. The summed E-state index contributed by atoms with van der Waals surface area (Å²) in [6.45, 7) is 7.58. The number of fused-ring (bicyclic) bond motifs is 2. The third-order valence-electron chi connectivity index (χ3n) is 4.44. The van der Waals surface area contributed by atoms with E-state index >= 15 is 0 Å². The zero-order valence-corrected chi connectivity index (χ0v) is 14.3. The van der Waals surface area contributed by atoms with E-state index < -0.39 is 18.1 Å². The SMILES string of the molecule is C=CCOC(=O)c1ccccc1N1C(=O)[C@@H]2C[C@H]1CN2C(=O)OCC=C. The quantitative estimate of drug-likeness (QED) is 0.577. The molecule has 2 saturated heterocycles. The lowest BCUT2D eigenvalue weighted by atomic mass is 10.1. The number of hydrogen-bond acceptors (Lipinski definition) is 5. The van der Waals surface area contributed by atoms with Crippen molar-refractivity contribution in [3.63, 3.8) is 0 Å². The summed E-state index contributed by atoms with van der Waals surface area (Å²) in [6.07, 6.45) is 2.95. The van der Waals surface area contributed by atoms with Crippen LogP contribution in [0.2, 0.25) is 0 Å². The Kier molecular flexibility index (Phi) is 5.06. The van der Waals surface area contributed by atoms with E-state index in [0.29, 0.717) is 24.2 Å². The maximum absolute atomic E-state index is 12.8. The van der Waals surface area contributed by atoms with Crippen molar-refractivity contribution in [2.75, 3.05) is 24.7 Å². The molecule has 2 bridgehead atoms. The van der Waals surface area contributed by atoms with Crippen molar-refractivity contribution < 1.29 is 23.9 Å². The maximum atomic E-state index is 12.8. The van der Waals surface area contributed by atoms with Gasteiger partial charge in [0.25, 0.3) is 0 Å². The highest BCUT2D eigenvalue weighted by molar-refractivity contribution is 6.07. The second kappa shape index (κ2) is 7.43. The number of ether oxygens (including phenoxy) is 2. The molecule has 2 amide bonds. The minimum absolute atomic E-state index is 0.0933. The average Bonchev–Trinajstić information content (AvgIpc) is 3.22. The van der Waals surface area contributed by atoms with E-state index in [4.69, 9.17) is 9.47 Å². The van der Waals surface area contributed by atoms with Gasteiger partial charge in [0.2, 0.25) is 5.91 Å². The third-order valence-corrected chi connectivity index (χ3v) is 4.44. The van der Waals surface area contributed by atoms with Crippen LogP contribution < -0.4 is 4.90 Å². The minimum atomic E-state index is -0.574. The van der Waals surface area contributed by atoms with Gasteiger partial charge in [-0.3, -0.25) is 9.69 Å². The lowest BCUT2D eigenvalue weighted by molar-refractivity contribution is -0.122. The summed E-state index contributed by atoms with van der Waals surface area (Å²) in [5, 5.41) is 0. The van der Waals surface area contributed by atoms with Crippen LogP contribution >= 0.6 is 0 Å². The lowest BCUT2D eigenvalue weighted by Gasteiger charge is -2.33. The molecule has 1 aromatic rings. The Labute approximate surface area is 151 Å². The number of para-hydroxylation sites is 1. The molecule has 2 fully saturated rings. The van der Waals surface area contributed by atoms with E-state index in [1.165, 1.54) is 17.1 Å². The first-order valence-electron chi connectivity index (χ1n) is 8.33. The molecular weight excluding hydrogens is 336 g/mol. The summed E-state index contributed by atoms with van der Waals surface area (Å²) in [6, 6.07) is 6.03. The monoisotopic (exact) mass is 356 g/mol. The molecule has 1 aromatic carbocycles. The van der Waals surface area contributed by atoms with Crippen molar-refractivity contribution in [2.24, 2.45) is 0 Å². The topological polar surface area (TPSA) is 76.2 Å². The van der Waals surface area contributed by atoms with E-state index in [1.807, 2.05) is 0 Å². The predicted molar refractivity (Wildman–Crippen MR) is 94.9 cm³/mol. The maximum Gasteiger partial charge on any atom is 0.410 e. The van der Waals surface area contributed by atoms with Crippen molar-refractivity contribution in [1.82, 2.24) is 4.90 Å². The van der Waals surface area contributed by atoms with E-state index in [-0.39, 0.29) is 25.2 Å². The summed E-state index contributed by atoms with van der Waals surface area (Å²) in [7, 11) is 0. The molecule has 0 aromatic heterocycles. The van der Waals surface area contributed by atoms with Gasteiger partial charge in [-0.25, -0.2) is 9.59 Å². The number of piperazine rings is 1. The molecule has 7 heteroatoms. The molecule has 0 N–H and O–H groups in total. The zero-order chi connectivity index (χ0) is 18.7. The first-order valence-corrected chi connectivity index (χ1v) is 8.33.